The summed E-state index contributed by atoms with van der Waals surface area (Å²) in [5.41, 5.74) is 1.78. The van der Waals surface area contributed by atoms with E-state index in [-0.39, 0.29) is 0 Å². The third-order valence-electron chi connectivity index (χ3n) is 1.92. The Bertz CT molecular complexity index is 403. The van der Waals surface area contributed by atoms with Crippen molar-refractivity contribution < 1.29 is 0 Å². The van der Waals surface area contributed by atoms with E-state index in [0.29, 0.717) is 0 Å². The molecule has 0 saturated heterocycles. The maximum atomic E-state index is 4.32. The molecular formula is C9H10N3. The van der Waals surface area contributed by atoms with E-state index in [1.54, 1.807) is 6.20 Å². The fourth-order valence-corrected chi connectivity index (χ4v) is 1.28. The topological polar surface area (TPSA) is 30.7 Å². The number of imidazole rings is 1. The van der Waals surface area contributed by atoms with Crippen molar-refractivity contribution in [2.24, 2.45) is 0 Å². The first-order valence-electron chi connectivity index (χ1n) is 3.96. The Morgan fingerprint density at radius 2 is 2.42 bits per heavy atom. The van der Waals surface area contributed by atoms with Crippen LogP contribution in [-0.2, 0) is 6.42 Å². The number of hydrogen-bond donors (Lipinski definition) is 0. The van der Waals surface area contributed by atoms with Crippen LogP contribution in [-0.4, -0.2) is 14.5 Å². The number of fused-ring (bicyclic) bond motifs is 1. The minimum Gasteiger partial charge on any atom is -0.325 e. The Labute approximate surface area is 71.1 Å². The molecule has 0 N–H and O–H groups in total. The molecule has 0 amide bonds. The molecule has 3 nitrogen and oxygen atoms in total. The molecule has 61 valence electrons. The summed E-state index contributed by atoms with van der Waals surface area (Å²) >= 11 is 0. The van der Waals surface area contributed by atoms with E-state index in [0.717, 1.165) is 23.4 Å². The number of rotatable bonds is 1. The fourth-order valence-electron chi connectivity index (χ4n) is 1.28. The van der Waals surface area contributed by atoms with Gasteiger partial charge in [-0.1, -0.05) is 6.92 Å². The van der Waals surface area contributed by atoms with Crippen LogP contribution in [0.5, 0.6) is 0 Å². The molecule has 0 fully saturated rings. The zero-order chi connectivity index (χ0) is 8.55. The number of nitrogens with zero attached hydrogens (tertiary/aromatic N) is 3. The monoisotopic (exact) mass is 160 g/mol. The van der Waals surface area contributed by atoms with Crippen LogP contribution < -0.4 is 0 Å². The van der Waals surface area contributed by atoms with Crippen LogP contribution >= 0.6 is 0 Å². The summed E-state index contributed by atoms with van der Waals surface area (Å²) in [6.45, 7) is 2.06. The summed E-state index contributed by atoms with van der Waals surface area (Å²) in [5.74, 6) is 0.976. The normalized spacial score (nSPS) is 10.8. The van der Waals surface area contributed by atoms with Crippen molar-refractivity contribution in [3.63, 3.8) is 0 Å². The highest BCUT2D eigenvalue weighted by atomic mass is 15.1. The molecule has 0 aliphatic heterocycles. The Balaban J connectivity index is 2.78. The molecule has 2 aromatic heterocycles. The highest BCUT2D eigenvalue weighted by molar-refractivity contribution is 5.71. The highest BCUT2D eigenvalue weighted by Crippen LogP contribution is 2.11. The maximum absolute atomic E-state index is 4.32. The summed E-state index contributed by atoms with van der Waals surface area (Å²) in [4.78, 5) is 8.46. The smallest absolute Gasteiger partial charge is 0.177 e. The van der Waals surface area contributed by atoms with Gasteiger partial charge in [-0.2, -0.15) is 0 Å². The van der Waals surface area contributed by atoms with Crippen LogP contribution in [0.1, 0.15) is 12.7 Å². The Kier molecular flexibility index (Phi) is 1.57. The number of pyridine rings is 1. The lowest BCUT2D eigenvalue weighted by Crippen LogP contribution is -1.92. The second-order valence-corrected chi connectivity index (χ2v) is 2.66. The van der Waals surface area contributed by atoms with Crippen molar-refractivity contribution in [1.29, 1.82) is 0 Å². The predicted octanol–water partition coefficient (Wildman–Crippen LogP) is 1.63. The van der Waals surface area contributed by atoms with Gasteiger partial charge < -0.3 is 4.57 Å². The summed E-state index contributed by atoms with van der Waals surface area (Å²) in [6, 6.07) is 3.87. The number of aromatic nitrogens is 3. The van der Waals surface area contributed by atoms with Crippen molar-refractivity contribution in [3.05, 3.63) is 31.2 Å². The first kappa shape index (κ1) is 7.28. The average Bonchev–Trinajstić information content (AvgIpc) is 2.44. The molecule has 0 spiro atoms. The molecule has 2 heterocycles. The maximum Gasteiger partial charge on any atom is 0.177 e. The van der Waals surface area contributed by atoms with Crippen molar-refractivity contribution >= 4 is 11.2 Å². The van der Waals surface area contributed by atoms with Gasteiger partial charge in [0, 0.05) is 19.7 Å². The van der Waals surface area contributed by atoms with Gasteiger partial charge >= 0.3 is 0 Å². The fraction of sp³-hybridized carbons (Fsp3) is 0.222. The van der Waals surface area contributed by atoms with Gasteiger partial charge in [-0.3, -0.25) is 0 Å². The van der Waals surface area contributed by atoms with Crippen molar-refractivity contribution in [1.82, 2.24) is 14.5 Å². The lowest BCUT2D eigenvalue weighted by Gasteiger charge is -1.95. The standard InChI is InChI=1S/C9H10N3/c1-3-8-11-9-7(12(8)2)5-4-6-10-9/h4-6H,2-3H2,1H3. The number of aryl methyl sites for hydroxylation is 1. The molecule has 0 atom stereocenters. The van der Waals surface area contributed by atoms with Crippen molar-refractivity contribution in [2.75, 3.05) is 0 Å². The molecule has 0 unspecified atom stereocenters. The summed E-state index contributed by atoms with van der Waals surface area (Å²) in [5, 5.41) is 0. The second kappa shape index (κ2) is 2.59. The van der Waals surface area contributed by atoms with Gasteiger partial charge in [0.05, 0.1) is 5.52 Å². The van der Waals surface area contributed by atoms with Gasteiger partial charge in [-0.25, -0.2) is 9.97 Å². The van der Waals surface area contributed by atoms with Crippen LogP contribution in [0.4, 0.5) is 0 Å². The Morgan fingerprint density at radius 1 is 1.58 bits per heavy atom. The van der Waals surface area contributed by atoms with Gasteiger partial charge in [0.1, 0.15) is 5.82 Å². The molecule has 0 aliphatic carbocycles. The van der Waals surface area contributed by atoms with Crippen molar-refractivity contribution in [2.45, 2.75) is 13.3 Å². The van der Waals surface area contributed by atoms with E-state index in [2.05, 4.69) is 23.9 Å². The van der Waals surface area contributed by atoms with E-state index in [1.807, 2.05) is 16.7 Å². The van der Waals surface area contributed by atoms with E-state index in [1.165, 1.54) is 0 Å². The second-order valence-electron chi connectivity index (χ2n) is 2.66. The molecule has 2 rings (SSSR count). The van der Waals surface area contributed by atoms with Gasteiger partial charge in [0.25, 0.3) is 0 Å². The average molecular weight is 160 g/mol. The molecular weight excluding hydrogens is 150 g/mol. The quantitative estimate of drug-likeness (QED) is 0.634. The third kappa shape index (κ3) is 0.897. The first-order valence-corrected chi connectivity index (χ1v) is 3.96. The molecule has 12 heavy (non-hydrogen) atoms. The molecule has 0 bridgehead atoms. The van der Waals surface area contributed by atoms with Gasteiger partial charge in [0.15, 0.2) is 5.65 Å². The SMILES string of the molecule is [CH2]n1c(CC)nc2ncccc21. The Hall–Kier alpha value is -1.38. The van der Waals surface area contributed by atoms with E-state index < -0.39 is 0 Å². The van der Waals surface area contributed by atoms with E-state index in [4.69, 9.17) is 0 Å². The number of hydrogen-bond acceptors (Lipinski definition) is 2. The predicted molar refractivity (Wildman–Crippen MR) is 47.7 cm³/mol. The molecule has 1 radical (unpaired) electrons. The summed E-state index contributed by atoms with van der Waals surface area (Å²) in [6.07, 6.45) is 2.63. The first-order chi connectivity index (χ1) is 5.83. The largest absolute Gasteiger partial charge is 0.325 e. The molecule has 0 aliphatic rings. The van der Waals surface area contributed by atoms with E-state index >= 15 is 0 Å². The van der Waals surface area contributed by atoms with Gasteiger partial charge in [-0.05, 0) is 12.1 Å². The highest BCUT2D eigenvalue weighted by Gasteiger charge is 2.04. The van der Waals surface area contributed by atoms with Crippen LogP contribution in [0.15, 0.2) is 18.3 Å². The van der Waals surface area contributed by atoms with Crippen molar-refractivity contribution in [3.8, 4) is 0 Å². The van der Waals surface area contributed by atoms with Crippen LogP contribution in [0.2, 0.25) is 0 Å². The van der Waals surface area contributed by atoms with Crippen LogP contribution in [0, 0.1) is 7.05 Å². The molecule has 2 aromatic rings. The molecule has 3 heteroatoms. The lowest BCUT2D eigenvalue weighted by molar-refractivity contribution is 0.906. The lowest BCUT2D eigenvalue weighted by atomic mass is 10.4. The van der Waals surface area contributed by atoms with Crippen LogP contribution in [0.25, 0.3) is 11.2 Å². The summed E-state index contributed by atoms with van der Waals surface area (Å²) in [7, 11) is 3.89. The van der Waals surface area contributed by atoms with E-state index in [9.17, 15) is 0 Å². The zero-order valence-corrected chi connectivity index (χ0v) is 6.99. The molecule has 0 aromatic carbocycles. The molecule has 0 saturated carbocycles. The minimum atomic E-state index is 0.782. The van der Waals surface area contributed by atoms with Gasteiger partial charge in [0.2, 0.25) is 0 Å². The third-order valence-corrected chi connectivity index (χ3v) is 1.92. The van der Waals surface area contributed by atoms with Gasteiger partial charge in [-0.15, -0.1) is 0 Å². The zero-order valence-electron chi connectivity index (χ0n) is 6.99. The summed E-state index contributed by atoms with van der Waals surface area (Å²) < 4.78 is 1.84. The minimum absolute atomic E-state index is 0.782. The van der Waals surface area contributed by atoms with Crippen LogP contribution in [0.3, 0.4) is 0 Å². The Morgan fingerprint density at radius 3 is 3.08 bits per heavy atom.